The highest BCUT2D eigenvalue weighted by Gasteiger charge is 2.26. The van der Waals surface area contributed by atoms with Crippen molar-refractivity contribution in [3.05, 3.63) is 77.0 Å². The van der Waals surface area contributed by atoms with Crippen LogP contribution >= 0.6 is 0 Å². The number of hydrogen-bond donors (Lipinski definition) is 2. The average molecular weight is 509 g/mol. The van der Waals surface area contributed by atoms with Gasteiger partial charge in [-0.1, -0.05) is 26.0 Å². The molecular weight excluding hydrogens is 472 g/mol. The standard InChI is InChI=1S/C31H36N6O/c1-20(2)29-26-13-23(22-8-10-37(11-9-22)16-21-14-32-18-33-15-21)6-7-27(26)36-31(29)24-4-3-5-28-30(35-19-34-28)25(12-24)17-38/h4,6-7,12-15,18-20,22,28,36,38H,3,5,8-11,16-17H2,1-2H3/b24-4+,25-12-. The van der Waals surface area contributed by atoms with E-state index < -0.39 is 0 Å². The first-order valence-corrected chi connectivity index (χ1v) is 13.8. The first-order valence-electron chi connectivity index (χ1n) is 13.8. The zero-order valence-electron chi connectivity index (χ0n) is 22.3. The van der Waals surface area contributed by atoms with Crippen molar-refractivity contribution in [1.29, 1.82) is 0 Å². The fourth-order valence-electron chi connectivity index (χ4n) is 6.26. The summed E-state index contributed by atoms with van der Waals surface area (Å²) in [4.78, 5) is 23.6. The van der Waals surface area contributed by atoms with Gasteiger partial charge in [0, 0.05) is 46.7 Å². The Kier molecular flexibility index (Phi) is 7.04. The number of H-pyrrole nitrogens is 1. The molecule has 0 saturated carbocycles. The summed E-state index contributed by atoms with van der Waals surface area (Å²) in [6.07, 6.45) is 15.6. The molecule has 1 fully saturated rings. The maximum absolute atomic E-state index is 10.2. The average Bonchev–Trinajstić information content (AvgIpc) is 3.54. The van der Waals surface area contributed by atoms with E-state index in [0.717, 1.165) is 67.9 Å². The van der Waals surface area contributed by atoms with Crippen molar-refractivity contribution in [2.24, 2.45) is 9.98 Å². The van der Waals surface area contributed by atoms with Gasteiger partial charge in [-0.2, -0.15) is 0 Å². The first-order chi connectivity index (χ1) is 18.6. The third kappa shape index (κ3) is 4.88. The lowest BCUT2D eigenvalue weighted by Gasteiger charge is -2.32. The monoisotopic (exact) mass is 508 g/mol. The molecule has 3 aromatic rings. The Morgan fingerprint density at radius 3 is 2.68 bits per heavy atom. The van der Waals surface area contributed by atoms with E-state index in [1.165, 1.54) is 27.6 Å². The normalized spacial score (nSPS) is 23.5. The Bertz CT molecular complexity index is 1420. The summed E-state index contributed by atoms with van der Waals surface area (Å²) in [7, 11) is 0. The van der Waals surface area contributed by atoms with Gasteiger partial charge in [0.1, 0.15) is 12.7 Å². The molecule has 6 rings (SSSR count). The predicted octanol–water partition coefficient (Wildman–Crippen LogP) is 5.41. The minimum atomic E-state index is -0.0343. The number of nitrogens with zero attached hydrogens (tertiary/aromatic N) is 5. The molecule has 38 heavy (non-hydrogen) atoms. The van der Waals surface area contributed by atoms with Crippen LogP contribution in [0.15, 0.2) is 64.6 Å². The first kappa shape index (κ1) is 24.9. The topological polar surface area (TPSA) is 89.8 Å². The number of allylic oxidation sites excluding steroid dienone is 3. The van der Waals surface area contributed by atoms with Crippen LogP contribution in [-0.2, 0) is 6.54 Å². The van der Waals surface area contributed by atoms with Crippen molar-refractivity contribution in [2.75, 3.05) is 19.7 Å². The highest BCUT2D eigenvalue weighted by Crippen LogP contribution is 2.38. The zero-order valence-corrected chi connectivity index (χ0v) is 22.3. The molecule has 0 amide bonds. The minimum Gasteiger partial charge on any atom is -0.392 e. The van der Waals surface area contributed by atoms with Crippen LogP contribution in [0.3, 0.4) is 0 Å². The lowest BCUT2D eigenvalue weighted by molar-refractivity contribution is 0.204. The van der Waals surface area contributed by atoms with E-state index in [1.54, 1.807) is 12.7 Å². The number of aliphatic hydroxyl groups excluding tert-OH is 1. The second-order valence-corrected chi connectivity index (χ2v) is 11.0. The van der Waals surface area contributed by atoms with E-state index in [9.17, 15) is 5.11 Å². The molecule has 1 aliphatic carbocycles. The van der Waals surface area contributed by atoms with Gasteiger partial charge in [-0.3, -0.25) is 9.89 Å². The summed E-state index contributed by atoms with van der Waals surface area (Å²) in [5.74, 6) is 0.931. The molecule has 0 radical (unpaired) electrons. The molecule has 2 N–H and O–H groups in total. The molecule has 1 atom stereocenters. The Morgan fingerprint density at radius 1 is 1.11 bits per heavy atom. The van der Waals surface area contributed by atoms with E-state index in [2.05, 4.69) is 74.0 Å². The van der Waals surface area contributed by atoms with Crippen LogP contribution in [-0.4, -0.2) is 62.7 Å². The van der Waals surface area contributed by atoms with E-state index in [-0.39, 0.29) is 12.6 Å². The number of nitrogens with one attached hydrogen (secondary N) is 1. The zero-order chi connectivity index (χ0) is 26.1. The van der Waals surface area contributed by atoms with Gasteiger partial charge in [0.05, 0.1) is 18.4 Å². The van der Waals surface area contributed by atoms with Crippen LogP contribution in [0, 0.1) is 0 Å². The third-order valence-electron chi connectivity index (χ3n) is 8.20. The smallest absolute Gasteiger partial charge is 0.115 e. The third-order valence-corrected chi connectivity index (χ3v) is 8.20. The van der Waals surface area contributed by atoms with Crippen molar-refractivity contribution in [3.63, 3.8) is 0 Å². The van der Waals surface area contributed by atoms with Crippen LogP contribution in [0.1, 0.15) is 73.8 Å². The summed E-state index contributed by atoms with van der Waals surface area (Å²) in [5, 5.41) is 11.5. The van der Waals surface area contributed by atoms with E-state index in [4.69, 9.17) is 0 Å². The van der Waals surface area contributed by atoms with Gasteiger partial charge in [0.15, 0.2) is 0 Å². The van der Waals surface area contributed by atoms with E-state index in [0.29, 0.717) is 11.8 Å². The van der Waals surface area contributed by atoms with E-state index >= 15 is 0 Å². The van der Waals surface area contributed by atoms with Gasteiger partial charge in [-0.05, 0) is 85.5 Å². The second-order valence-electron chi connectivity index (χ2n) is 11.0. The summed E-state index contributed by atoms with van der Waals surface area (Å²) in [5.41, 5.74) is 9.22. The molecule has 2 aliphatic heterocycles. The molecule has 7 heteroatoms. The van der Waals surface area contributed by atoms with Crippen LogP contribution in [0.4, 0.5) is 0 Å². The van der Waals surface area contributed by atoms with Crippen molar-refractivity contribution >= 4 is 28.5 Å². The summed E-state index contributed by atoms with van der Waals surface area (Å²) in [6.45, 7) is 7.61. The van der Waals surface area contributed by atoms with Crippen molar-refractivity contribution < 1.29 is 5.11 Å². The quantitative estimate of drug-likeness (QED) is 0.466. The molecule has 4 heterocycles. The van der Waals surface area contributed by atoms with Gasteiger partial charge < -0.3 is 10.1 Å². The number of hydrogen-bond acceptors (Lipinski definition) is 6. The number of aliphatic hydroxyl groups is 1. The SMILES string of the molecule is CC(C)c1c(C2=C/CCC3N=CN=C3/C(CO)=C\2)[nH]c2ccc(C3CCN(Cc4cncnc4)CC3)cc12. The van der Waals surface area contributed by atoms with Gasteiger partial charge in [0.2, 0.25) is 0 Å². The highest BCUT2D eigenvalue weighted by atomic mass is 16.3. The Hall–Kier alpha value is -3.42. The number of aromatic nitrogens is 3. The number of aromatic amines is 1. The largest absolute Gasteiger partial charge is 0.392 e. The number of fused-ring (bicyclic) bond motifs is 2. The number of likely N-dealkylation sites (tertiary alicyclic amines) is 1. The van der Waals surface area contributed by atoms with E-state index in [1.807, 2.05) is 12.4 Å². The fraction of sp³-hybridized carbons (Fsp3) is 0.419. The maximum Gasteiger partial charge on any atom is 0.115 e. The molecule has 196 valence electrons. The van der Waals surface area contributed by atoms with Crippen molar-refractivity contribution in [1.82, 2.24) is 19.9 Å². The summed E-state index contributed by atoms with van der Waals surface area (Å²) in [6, 6.07) is 7.07. The summed E-state index contributed by atoms with van der Waals surface area (Å²) >= 11 is 0. The number of benzene rings is 1. The molecule has 7 nitrogen and oxygen atoms in total. The Balaban J connectivity index is 1.27. The number of aliphatic imine (C=N–C) groups is 2. The van der Waals surface area contributed by atoms with Gasteiger partial charge in [-0.15, -0.1) is 0 Å². The molecular formula is C31H36N6O. The second kappa shape index (κ2) is 10.8. The molecule has 2 aromatic heterocycles. The lowest BCUT2D eigenvalue weighted by atomic mass is 9.87. The molecule has 1 aromatic carbocycles. The predicted molar refractivity (Wildman–Crippen MR) is 154 cm³/mol. The minimum absolute atomic E-state index is 0.0343. The van der Waals surface area contributed by atoms with Crippen LogP contribution < -0.4 is 0 Å². The van der Waals surface area contributed by atoms with Gasteiger partial charge in [0.25, 0.3) is 0 Å². The van der Waals surface area contributed by atoms with Crippen LogP contribution in [0.5, 0.6) is 0 Å². The molecule has 0 bridgehead atoms. The molecule has 3 aliphatic rings. The van der Waals surface area contributed by atoms with Crippen LogP contribution in [0.25, 0.3) is 16.5 Å². The Morgan fingerprint density at radius 2 is 1.92 bits per heavy atom. The Labute approximate surface area is 224 Å². The molecule has 1 unspecified atom stereocenters. The van der Waals surface area contributed by atoms with Crippen molar-refractivity contribution in [2.45, 2.75) is 64.0 Å². The maximum atomic E-state index is 10.2. The fourth-order valence-corrected chi connectivity index (χ4v) is 6.26. The summed E-state index contributed by atoms with van der Waals surface area (Å²) < 4.78 is 0. The molecule has 0 spiro atoms. The van der Waals surface area contributed by atoms with Gasteiger partial charge in [-0.25, -0.2) is 15.0 Å². The number of rotatable bonds is 6. The van der Waals surface area contributed by atoms with Crippen LogP contribution in [0.2, 0.25) is 0 Å². The lowest BCUT2D eigenvalue weighted by Crippen LogP contribution is -2.32. The number of piperidine rings is 1. The van der Waals surface area contributed by atoms with Crippen molar-refractivity contribution in [3.8, 4) is 0 Å². The van der Waals surface area contributed by atoms with Gasteiger partial charge >= 0.3 is 0 Å². The molecule has 1 saturated heterocycles. The highest BCUT2D eigenvalue weighted by molar-refractivity contribution is 6.12.